The monoisotopic (exact) mass is 252 g/mol. The minimum absolute atomic E-state index is 0.215. The van der Waals surface area contributed by atoms with Gasteiger partial charge in [0.1, 0.15) is 6.61 Å². The lowest BCUT2D eigenvalue weighted by atomic mass is 9.90. The number of piperidine rings is 1. The zero-order valence-electron chi connectivity index (χ0n) is 11.1. The second-order valence-electron chi connectivity index (χ2n) is 5.92. The number of hydrogen-bond donors (Lipinski definition) is 1. The molecule has 3 aliphatic rings. The first kappa shape index (κ1) is 12.4. The Labute approximate surface area is 109 Å². The quantitative estimate of drug-likeness (QED) is 0.802. The first-order valence-electron chi connectivity index (χ1n) is 7.46. The molecule has 102 valence electrons. The van der Waals surface area contributed by atoms with Gasteiger partial charge in [0.15, 0.2) is 0 Å². The summed E-state index contributed by atoms with van der Waals surface area (Å²) in [5.74, 6) is 0.857. The number of nitrogens with one attached hydrogen (secondary N) is 1. The molecule has 3 fully saturated rings. The Balaban J connectivity index is 1.61. The number of rotatable bonds is 2. The normalized spacial score (nSPS) is 32.1. The van der Waals surface area contributed by atoms with Crippen LogP contribution in [0.5, 0.6) is 0 Å². The summed E-state index contributed by atoms with van der Waals surface area (Å²) >= 11 is 0. The lowest BCUT2D eigenvalue weighted by Gasteiger charge is -2.40. The van der Waals surface area contributed by atoms with E-state index in [0.29, 0.717) is 18.6 Å². The summed E-state index contributed by atoms with van der Waals surface area (Å²) < 4.78 is 5.80. The van der Waals surface area contributed by atoms with Crippen LogP contribution in [0.15, 0.2) is 0 Å². The van der Waals surface area contributed by atoms with Gasteiger partial charge in [-0.3, -0.25) is 4.79 Å². The molecule has 0 bridgehead atoms. The van der Waals surface area contributed by atoms with Gasteiger partial charge in [0.25, 0.3) is 0 Å². The highest BCUT2D eigenvalue weighted by molar-refractivity contribution is 5.78. The van der Waals surface area contributed by atoms with Gasteiger partial charge >= 0.3 is 0 Å². The predicted octanol–water partition coefficient (Wildman–Crippen LogP) is 1.16. The molecule has 1 aliphatic carbocycles. The third-order valence-corrected chi connectivity index (χ3v) is 4.79. The van der Waals surface area contributed by atoms with Crippen LogP contribution >= 0.6 is 0 Å². The molecule has 4 heteroatoms. The van der Waals surface area contributed by atoms with E-state index in [1.165, 1.54) is 38.5 Å². The van der Waals surface area contributed by atoms with Gasteiger partial charge in [0.05, 0.1) is 6.10 Å². The maximum atomic E-state index is 12.0. The van der Waals surface area contributed by atoms with Gasteiger partial charge in [-0.1, -0.05) is 12.8 Å². The lowest BCUT2D eigenvalue weighted by Crippen LogP contribution is -2.53. The molecule has 0 aromatic rings. The smallest absolute Gasteiger partial charge is 0.248 e. The van der Waals surface area contributed by atoms with Crippen molar-refractivity contribution in [3.8, 4) is 0 Å². The highest BCUT2D eigenvalue weighted by Gasteiger charge is 2.36. The van der Waals surface area contributed by atoms with E-state index in [9.17, 15) is 4.79 Å². The highest BCUT2D eigenvalue weighted by atomic mass is 16.5. The third-order valence-electron chi connectivity index (χ3n) is 4.79. The van der Waals surface area contributed by atoms with E-state index in [4.69, 9.17) is 4.74 Å². The summed E-state index contributed by atoms with van der Waals surface area (Å²) in [7, 11) is 0. The molecule has 0 aromatic heterocycles. The van der Waals surface area contributed by atoms with Crippen LogP contribution in [-0.2, 0) is 9.53 Å². The van der Waals surface area contributed by atoms with Crippen molar-refractivity contribution in [2.75, 3.05) is 26.2 Å². The molecule has 0 spiro atoms. The van der Waals surface area contributed by atoms with E-state index in [-0.39, 0.29) is 12.0 Å². The summed E-state index contributed by atoms with van der Waals surface area (Å²) in [6.45, 7) is 3.35. The van der Waals surface area contributed by atoms with Crippen molar-refractivity contribution in [1.82, 2.24) is 10.2 Å². The molecular formula is C14H24N2O2. The summed E-state index contributed by atoms with van der Waals surface area (Å²) in [6, 6.07) is 0.505. The van der Waals surface area contributed by atoms with Crippen LogP contribution in [-0.4, -0.2) is 49.2 Å². The van der Waals surface area contributed by atoms with Crippen LogP contribution in [0, 0.1) is 5.92 Å². The molecule has 1 atom stereocenters. The van der Waals surface area contributed by atoms with Crippen LogP contribution in [0.25, 0.3) is 0 Å². The Bertz CT molecular complexity index is 296. The van der Waals surface area contributed by atoms with Gasteiger partial charge in [0, 0.05) is 12.6 Å². The van der Waals surface area contributed by atoms with Gasteiger partial charge in [-0.15, -0.1) is 0 Å². The van der Waals surface area contributed by atoms with Gasteiger partial charge in [-0.2, -0.15) is 0 Å². The Hall–Kier alpha value is -0.610. The Morgan fingerprint density at radius 2 is 1.83 bits per heavy atom. The number of amides is 1. The maximum absolute atomic E-state index is 12.0. The first-order chi connectivity index (χ1) is 8.84. The van der Waals surface area contributed by atoms with Crippen molar-refractivity contribution in [3.63, 3.8) is 0 Å². The van der Waals surface area contributed by atoms with Crippen molar-refractivity contribution >= 4 is 5.91 Å². The molecule has 1 N–H and O–H groups in total. The highest BCUT2D eigenvalue weighted by Crippen LogP contribution is 2.28. The third kappa shape index (κ3) is 2.54. The molecule has 4 nitrogen and oxygen atoms in total. The zero-order chi connectivity index (χ0) is 12.4. The van der Waals surface area contributed by atoms with E-state index in [1.54, 1.807) is 0 Å². The second kappa shape index (κ2) is 5.57. The van der Waals surface area contributed by atoms with E-state index in [0.717, 1.165) is 19.6 Å². The van der Waals surface area contributed by atoms with Crippen LogP contribution in [0.2, 0.25) is 0 Å². The zero-order valence-corrected chi connectivity index (χ0v) is 11.1. The van der Waals surface area contributed by atoms with Crippen LogP contribution in [0.4, 0.5) is 0 Å². The molecule has 2 saturated heterocycles. The molecule has 3 rings (SSSR count). The van der Waals surface area contributed by atoms with Crippen LogP contribution in [0.3, 0.4) is 0 Å². The lowest BCUT2D eigenvalue weighted by molar-refractivity contribution is -0.156. The fourth-order valence-corrected chi connectivity index (χ4v) is 3.68. The first-order valence-corrected chi connectivity index (χ1v) is 7.46. The van der Waals surface area contributed by atoms with Gasteiger partial charge in [-0.25, -0.2) is 0 Å². The Kier molecular flexibility index (Phi) is 3.85. The van der Waals surface area contributed by atoms with E-state index in [2.05, 4.69) is 10.2 Å². The van der Waals surface area contributed by atoms with Crippen molar-refractivity contribution in [3.05, 3.63) is 0 Å². The number of nitrogens with zero attached hydrogens (tertiary/aromatic N) is 1. The van der Waals surface area contributed by atoms with E-state index >= 15 is 0 Å². The van der Waals surface area contributed by atoms with Crippen LogP contribution < -0.4 is 5.32 Å². The summed E-state index contributed by atoms with van der Waals surface area (Å²) in [5, 5.41) is 3.39. The van der Waals surface area contributed by atoms with Gasteiger partial charge in [-0.05, 0) is 44.7 Å². The SMILES string of the molecule is O=C1COC(C2CCNCC2)CN1C1CCCC1. The number of ether oxygens (including phenoxy) is 1. The predicted molar refractivity (Wildman–Crippen MR) is 69.3 cm³/mol. The summed E-state index contributed by atoms with van der Waals surface area (Å²) in [6.07, 6.45) is 7.63. The number of hydrogen-bond acceptors (Lipinski definition) is 3. The maximum Gasteiger partial charge on any atom is 0.248 e. The number of morpholine rings is 1. The van der Waals surface area contributed by atoms with E-state index in [1.807, 2.05) is 0 Å². The average Bonchev–Trinajstić information content (AvgIpc) is 2.94. The Morgan fingerprint density at radius 1 is 1.11 bits per heavy atom. The molecule has 1 unspecified atom stereocenters. The minimum Gasteiger partial charge on any atom is -0.366 e. The fraction of sp³-hybridized carbons (Fsp3) is 0.929. The second-order valence-corrected chi connectivity index (χ2v) is 5.92. The van der Waals surface area contributed by atoms with Crippen LogP contribution in [0.1, 0.15) is 38.5 Å². The molecule has 2 aliphatic heterocycles. The average molecular weight is 252 g/mol. The molecule has 0 aromatic carbocycles. The largest absolute Gasteiger partial charge is 0.366 e. The number of carbonyl (C=O) groups excluding carboxylic acids is 1. The van der Waals surface area contributed by atoms with Gasteiger partial charge in [0.2, 0.25) is 5.91 Å². The van der Waals surface area contributed by atoms with Crippen molar-refractivity contribution in [1.29, 1.82) is 0 Å². The Morgan fingerprint density at radius 3 is 2.56 bits per heavy atom. The number of carbonyl (C=O) groups is 1. The molecule has 1 amide bonds. The summed E-state index contributed by atoms with van der Waals surface area (Å²) in [5.41, 5.74) is 0. The molecular weight excluding hydrogens is 228 g/mol. The van der Waals surface area contributed by atoms with Crippen molar-refractivity contribution < 1.29 is 9.53 Å². The molecule has 1 saturated carbocycles. The topological polar surface area (TPSA) is 41.6 Å². The van der Waals surface area contributed by atoms with E-state index < -0.39 is 0 Å². The fourth-order valence-electron chi connectivity index (χ4n) is 3.68. The molecule has 18 heavy (non-hydrogen) atoms. The summed E-state index contributed by atoms with van der Waals surface area (Å²) in [4.78, 5) is 14.1. The van der Waals surface area contributed by atoms with Gasteiger partial charge < -0.3 is 15.0 Å². The van der Waals surface area contributed by atoms with Crippen molar-refractivity contribution in [2.24, 2.45) is 5.92 Å². The van der Waals surface area contributed by atoms with Crippen molar-refractivity contribution in [2.45, 2.75) is 50.7 Å². The standard InChI is InChI=1S/C14H24N2O2/c17-14-10-18-13(11-5-7-15-8-6-11)9-16(14)12-3-1-2-4-12/h11-13,15H,1-10H2. The minimum atomic E-state index is 0.215. The molecule has 0 radical (unpaired) electrons. The molecule has 2 heterocycles.